The van der Waals surface area contributed by atoms with Crippen molar-refractivity contribution in [3.8, 4) is 33.6 Å². The molecule has 2 heteroatoms. The van der Waals surface area contributed by atoms with Gasteiger partial charge in [-0.05, 0) is 82.7 Å². The second-order valence-electron chi connectivity index (χ2n) is 9.59. The number of hydrogen-bond acceptors (Lipinski definition) is 0. The summed E-state index contributed by atoms with van der Waals surface area (Å²) in [4.78, 5) is 0. The van der Waals surface area contributed by atoms with Crippen molar-refractivity contribution in [1.82, 2.24) is 9.13 Å². The highest BCUT2D eigenvalue weighted by molar-refractivity contribution is 6.12. The summed E-state index contributed by atoms with van der Waals surface area (Å²) in [7, 11) is 0. The molecule has 0 saturated carbocycles. The Bertz CT molecular complexity index is 3780. The molecule has 0 fully saturated rings. The van der Waals surface area contributed by atoms with Gasteiger partial charge >= 0.3 is 0 Å². The van der Waals surface area contributed by atoms with Crippen molar-refractivity contribution >= 4 is 43.6 Å². The summed E-state index contributed by atoms with van der Waals surface area (Å²) in [6, 6.07) is -12.3. The van der Waals surface area contributed by atoms with E-state index in [4.69, 9.17) is 24.7 Å². The highest BCUT2D eigenvalue weighted by Crippen LogP contribution is 2.38. The summed E-state index contributed by atoms with van der Waals surface area (Å²) in [5.74, 6) is 0. The van der Waals surface area contributed by atoms with E-state index < -0.39 is 184 Å². The SMILES string of the molecule is [2H]c1c([2H])c([2H])c(-c2ccc(-n3c4c([2H])c([2H])c([2H])c([2H])c4c4c([2H])c(-c5c([2H])c([2H])c6c(c5[2H])c5c([2H])c([2H])c([2H])c([2H])c5n6-c5c([2H])c([2H])c([2H])c([2H])c5[2H])c([2H])c([2H])c43)cc2)c([2H])c1[2H]. The van der Waals surface area contributed by atoms with E-state index in [2.05, 4.69) is 0 Å². The fraction of sp³-hybridized carbons (Fsp3) is 0. The topological polar surface area (TPSA) is 9.86 Å². The van der Waals surface area contributed by atoms with Crippen LogP contribution in [0.4, 0.5) is 0 Å². The predicted octanol–water partition coefficient (Wildman–Crippen LogP) is 11.2. The highest BCUT2D eigenvalue weighted by atomic mass is 15.0. The molecule has 2 aromatic heterocycles. The third-order valence-corrected chi connectivity index (χ3v) is 7.19. The lowest BCUT2D eigenvalue weighted by Gasteiger charge is -2.10. The number of fused-ring (bicyclic) bond motifs is 6. The largest absolute Gasteiger partial charge is 0.309 e. The Morgan fingerprint density at radius 2 is 0.773 bits per heavy atom. The molecule has 9 aromatic rings. The van der Waals surface area contributed by atoms with Crippen molar-refractivity contribution < 1.29 is 32.9 Å². The number of para-hydroxylation sites is 3. The standard InChI is InChI=1S/C42H28N2/c1-3-11-29(12-4-1)30-19-23-34(24-20-30)44-40-18-10-8-16-36(40)38-28-32(22-26-42(38)44)31-21-25-41-37(27-31)35-15-7-9-17-39(35)43(41)33-13-5-2-6-14-33/h1-28H/i1D,2D,3D,4D,5D,6D,7D,8D,9D,10D,11D,12D,13D,14D,15D,16D,17D,18D,21D,22D,25D,26D,27D,28D. The van der Waals surface area contributed by atoms with E-state index in [1.807, 2.05) is 0 Å². The average Bonchev–Trinajstić information content (AvgIpc) is 3.87. The molecule has 2 heterocycles. The number of aromatic nitrogens is 2. The van der Waals surface area contributed by atoms with Crippen LogP contribution in [-0.2, 0) is 0 Å². The van der Waals surface area contributed by atoms with Gasteiger partial charge in [-0.25, -0.2) is 0 Å². The molecule has 0 amide bonds. The Hall–Kier alpha value is -5.86. The Morgan fingerprint density at radius 1 is 0.318 bits per heavy atom. The molecule has 2 nitrogen and oxygen atoms in total. The summed E-state index contributed by atoms with van der Waals surface area (Å²) in [5, 5.41) is -1.64. The lowest BCUT2D eigenvalue weighted by atomic mass is 10.0. The lowest BCUT2D eigenvalue weighted by Crippen LogP contribution is -1.93. The summed E-state index contributed by atoms with van der Waals surface area (Å²) in [6.07, 6.45) is 0. The third kappa shape index (κ3) is 3.82. The fourth-order valence-electron chi connectivity index (χ4n) is 5.29. The monoisotopic (exact) mass is 584 g/mol. The van der Waals surface area contributed by atoms with E-state index in [1.165, 1.54) is 28.8 Å². The Labute approximate surface area is 289 Å². The van der Waals surface area contributed by atoms with Gasteiger partial charge in [-0.15, -0.1) is 0 Å². The van der Waals surface area contributed by atoms with Crippen molar-refractivity contribution in [3.05, 3.63) is 169 Å². The van der Waals surface area contributed by atoms with E-state index in [9.17, 15) is 8.22 Å². The zero-order valence-corrected chi connectivity index (χ0v) is 22.2. The van der Waals surface area contributed by atoms with E-state index in [-0.39, 0.29) is 38.6 Å². The van der Waals surface area contributed by atoms with Gasteiger partial charge in [0.1, 0.15) is 0 Å². The molecule has 0 saturated heterocycles. The van der Waals surface area contributed by atoms with Gasteiger partial charge in [0.15, 0.2) is 0 Å². The summed E-state index contributed by atoms with van der Waals surface area (Å²) >= 11 is 0. The molecule has 0 radical (unpaired) electrons. The number of hydrogen-bond donors (Lipinski definition) is 0. The molecule has 0 N–H and O–H groups in total. The third-order valence-electron chi connectivity index (χ3n) is 7.19. The number of nitrogens with zero attached hydrogens (tertiary/aromatic N) is 2. The second kappa shape index (κ2) is 9.86. The molecule has 0 bridgehead atoms. The maximum atomic E-state index is 9.73. The molecule has 0 unspecified atom stereocenters. The molecular weight excluding hydrogens is 532 g/mol. The predicted molar refractivity (Wildman–Crippen MR) is 186 cm³/mol. The molecule has 0 aliphatic carbocycles. The fourth-order valence-corrected chi connectivity index (χ4v) is 5.29. The van der Waals surface area contributed by atoms with Gasteiger partial charge in [-0.3, -0.25) is 0 Å². The van der Waals surface area contributed by atoms with Gasteiger partial charge in [0.2, 0.25) is 0 Å². The van der Waals surface area contributed by atoms with Gasteiger partial charge in [-0.2, -0.15) is 0 Å². The minimum atomic E-state index is -0.913. The van der Waals surface area contributed by atoms with Crippen LogP contribution in [0, 0.1) is 0 Å². The van der Waals surface area contributed by atoms with Crippen molar-refractivity contribution in [2.24, 2.45) is 0 Å². The van der Waals surface area contributed by atoms with Gasteiger partial charge in [-0.1, -0.05) is 109 Å². The summed E-state index contributed by atoms with van der Waals surface area (Å²) in [5.41, 5.74) is -3.54. The van der Waals surface area contributed by atoms with E-state index >= 15 is 0 Å². The maximum absolute atomic E-state index is 9.73. The van der Waals surface area contributed by atoms with Crippen LogP contribution in [0.25, 0.3) is 77.2 Å². The second-order valence-corrected chi connectivity index (χ2v) is 9.59. The molecular formula is C42H28N2. The number of benzene rings is 7. The Morgan fingerprint density at radius 3 is 1.34 bits per heavy atom. The first-order valence-corrected chi connectivity index (χ1v) is 13.2. The van der Waals surface area contributed by atoms with Gasteiger partial charge in [0.05, 0.1) is 55.0 Å². The van der Waals surface area contributed by atoms with Crippen molar-refractivity contribution in [2.45, 2.75) is 0 Å². The molecule has 44 heavy (non-hydrogen) atoms. The molecule has 7 aromatic carbocycles. The van der Waals surface area contributed by atoms with Gasteiger partial charge < -0.3 is 9.13 Å². The van der Waals surface area contributed by atoms with E-state index in [1.54, 1.807) is 0 Å². The molecule has 9 rings (SSSR count). The average molecular weight is 585 g/mol. The summed E-state index contributed by atoms with van der Waals surface area (Å²) in [6.45, 7) is 0. The highest BCUT2D eigenvalue weighted by Gasteiger charge is 2.16. The first kappa shape index (κ1) is 10.7. The molecule has 0 aliphatic rings. The van der Waals surface area contributed by atoms with Crippen LogP contribution in [0.5, 0.6) is 0 Å². The smallest absolute Gasteiger partial charge is 0.0645 e. The first-order valence-electron chi connectivity index (χ1n) is 25.2. The molecule has 0 aliphatic heterocycles. The van der Waals surface area contributed by atoms with Gasteiger partial charge in [0.25, 0.3) is 0 Å². The maximum Gasteiger partial charge on any atom is 0.0645 e. The Balaban J connectivity index is 1.43. The number of rotatable bonds is 4. The van der Waals surface area contributed by atoms with E-state index in [0.29, 0.717) is 0 Å². The minimum Gasteiger partial charge on any atom is -0.309 e. The zero-order chi connectivity index (χ0) is 49.9. The van der Waals surface area contributed by atoms with Crippen molar-refractivity contribution in [1.29, 1.82) is 0 Å². The minimum absolute atomic E-state index is 0.0815. The van der Waals surface area contributed by atoms with Crippen molar-refractivity contribution in [3.63, 3.8) is 0 Å². The first-order chi connectivity index (χ1) is 31.8. The normalized spacial score (nSPS) is 19.3. The van der Waals surface area contributed by atoms with Crippen LogP contribution in [-0.4, -0.2) is 9.13 Å². The molecule has 206 valence electrons. The van der Waals surface area contributed by atoms with Crippen LogP contribution in [0.2, 0.25) is 0 Å². The van der Waals surface area contributed by atoms with Crippen molar-refractivity contribution in [2.75, 3.05) is 0 Å². The molecule has 0 spiro atoms. The lowest BCUT2D eigenvalue weighted by molar-refractivity contribution is 1.18. The zero-order valence-electron chi connectivity index (χ0n) is 46.2. The van der Waals surface area contributed by atoms with Crippen LogP contribution in [0.3, 0.4) is 0 Å². The quantitative estimate of drug-likeness (QED) is 0.195. The molecule has 0 atom stereocenters. The van der Waals surface area contributed by atoms with Crippen LogP contribution in [0.15, 0.2) is 169 Å². The van der Waals surface area contributed by atoms with Crippen LogP contribution >= 0.6 is 0 Å². The summed E-state index contributed by atoms with van der Waals surface area (Å²) < 4.78 is 213. The van der Waals surface area contributed by atoms with Crippen LogP contribution in [0.1, 0.15) is 32.9 Å². The van der Waals surface area contributed by atoms with E-state index in [0.717, 1.165) is 4.57 Å². The van der Waals surface area contributed by atoms with Crippen LogP contribution < -0.4 is 0 Å². The van der Waals surface area contributed by atoms with Gasteiger partial charge in [0, 0.05) is 32.9 Å². The Kier molecular flexibility index (Phi) is 2.40.